The standard InChI is InChI=1S/C18H18ClN5O3/c1-12-10-15(26-21-12)18(25)24-8-6-23(7-9-24)11-16-20-17(22-27-16)13-2-4-14(19)5-3-13/h2-5,10H,6-9,11H2,1H3. The molecule has 0 radical (unpaired) electrons. The number of piperazine rings is 1. The molecule has 0 saturated carbocycles. The van der Waals surface area contributed by atoms with Gasteiger partial charge in [0.15, 0.2) is 0 Å². The third kappa shape index (κ3) is 4.01. The van der Waals surface area contributed by atoms with E-state index in [9.17, 15) is 4.79 Å². The predicted molar refractivity (Wildman–Crippen MR) is 97.2 cm³/mol. The summed E-state index contributed by atoms with van der Waals surface area (Å²) in [6.07, 6.45) is 0. The maximum absolute atomic E-state index is 12.4. The summed E-state index contributed by atoms with van der Waals surface area (Å²) in [4.78, 5) is 20.8. The second-order valence-corrected chi connectivity index (χ2v) is 6.86. The highest BCUT2D eigenvalue weighted by Crippen LogP contribution is 2.19. The van der Waals surface area contributed by atoms with Crippen LogP contribution in [-0.4, -0.2) is 57.2 Å². The van der Waals surface area contributed by atoms with Gasteiger partial charge in [-0.05, 0) is 31.2 Å². The molecule has 3 aromatic rings. The molecule has 0 atom stereocenters. The fraction of sp³-hybridized carbons (Fsp3) is 0.333. The van der Waals surface area contributed by atoms with Gasteiger partial charge in [-0.15, -0.1) is 0 Å². The van der Waals surface area contributed by atoms with Gasteiger partial charge in [0, 0.05) is 42.8 Å². The lowest BCUT2D eigenvalue weighted by atomic mass is 10.2. The molecule has 140 valence electrons. The van der Waals surface area contributed by atoms with Gasteiger partial charge in [0.05, 0.1) is 12.2 Å². The number of hydrogen-bond donors (Lipinski definition) is 0. The van der Waals surface area contributed by atoms with E-state index in [1.807, 2.05) is 12.1 Å². The van der Waals surface area contributed by atoms with Crippen molar-refractivity contribution < 1.29 is 13.8 Å². The summed E-state index contributed by atoms with van der Waals surface area (Å²) in [5.74, 6) is 1.24. The molecule has 3 heterocycles. The molecule has 4 rings (SSSR count). The number of aromatic nitrogens is 3. The van der Waals surface area contributed by atoms with Crippen molar-refractivity contribution in [3.8, 4) is 11.4 Å². The topological polar surface area (TPSA) is 88.5 Å². The van der Waals surface area contributed by atoms with Crippen LogP contribution in [0.5, 0.6) is 0 Å². The van der Waals surface area contributed by atoms with E-state index in [1.54, 1.807) is 30.0 Å². The Morgan fingerprint density at radius 3 is 2.52 bits per heavy atom. The zero-order valence-electron chi connectivity index (χ0n) is 14.8. The first-order valence-corrected chi connectivity index (χ1v) is 9.00. The van der Waals surface area contributed by atoms with Gasteiger partial charge in [0.2, 0.25) is 17.5 Å². The van der Waals surface area contributed by atoms with Crippen LogP contribution < -0.4 is 0 Å². The van der Waals surface area contributed by atoms with Crippen LogP contribution in [0.3, 0.4) is 0 Å². The van der Waals surface area contributed by atoms with E-state index >= 15 is 0 Å². The van der Waals surface area contributed by atoms with Crippen molar-refractivity contribution in [2.75, 3.05) is 26.2 Å². The lowest BCUT2D eigenvalue weighted by molar-refractivity contribution is 0.0576. The molecule has 9 heteroatoms. The summed E-state index contributed by atoms with van der Waals surface area (Å²) in [5, 5.41) is 8.46. The Hall–Kier alpha value is -2.71. The fourth-order valence-corrected chi connectivity index (χ4v) is 3.08. The zero-order chi connectivity index (χ0) is 18.8. The van der Waals surface area contributed by atoms with E-state index in [2.05, 4.69) is 20.2 Å². The molecule has 1 saturated heterocycles. The highest BCUT2D eigenvalue weighted by molar-refractivity contribution is 6.30. The molecule has 1 fully saturated rings. The monoisotopic (exact) mass is 387 g/mol. The van der Waals surface area contributed by atoms with E-state index in [-0.39, 0.29) is 11.7 Å². The van der Waals surface area contributed by atoms with Crippen molar-refractivity contribution in [3.05, 3.63) is 52.7 Å². The van der Waals surface area contributed by atoms with Crippen LogP contribution in [0.15, 0.2) is 39.4 Å². The number of carbonyl (C=O) groups excluding carboxylic acids is 1. The Morgan fingerprint density at radius 2 is 1.85 bits per heavy atom. The Balaban J connectivity index is 1.33. The number of aryl methyl sites for hydroxylation is 1. The van der Waals surface area contributed by atoms with Crippen molar-refractivity contribution in [1.82, 2.24) is 25.1 Å². The smallest absolute Gasteiger partial charge is 0.292 e. The van der Waals surface area contributed by atoms with E-state index in [1.165, 1.54) is 0 Å². The number of rotatable bonds is 4. The van der Waals surface area contributed by atoms with Crippen LogP contribution in [0, 0.1) is 6.92 Å². The van der Waals surface area contributed by atoms with E-state index < -0.39 is 0 Å². The highest BCUT2D eigenvalue weighted by atomic mass is 35.5. The molecule has 1 aliphatic heterocycles. The minimum atomic E-state index is -0.127. The Labute approximate surface area is 160 Å². The van der Waals surface area contributed by atoms with Gasteiger partial charge in [-0.3, -0.25) is 9.69 Å². The number of amides is 1. The van der Waals surface area contributed by atoms with E-state index in [0.29, 0.717) is 42.1 Å². The second-order valence-electron chi connectivity index (χ2n) is 6.42. The van der Waals surface area contributed by atoms with Gasteiger partial charge in [-0.1, -0.05) is 21.9 Å². The van der Waals surface area contributed by atoms with Gasteiger partial charge < -0.3 is 13.9 Å². The zero-order valence-corrected chi connectivity index (χ0v) is 15.5. The summed E-state index contributed by atoms with van der Waals surface area (Å²) >= 11 is 5.90. The van der Waals surface area contributed by atoms with Gasteiger partial charge >= 0.3 is 0 Å². The van der Waals surface area contributed by atoms with Gasteiger partial charge in [0.1, 0.15) is 0 Å². The highest BCUT2D eigenvalue weighted by Gasteiger charge is 2.25. The maximum Gasteiger partial charge on any atom is 0.292 e. The number of carbonyl (C=O) groups is 1. The lowest BCUT2D eigenvalue weighted by Gasteiger charge is -2.33. The van der Waals surface area contributed by atoms with Crippen LogP contribution in [-0.2, 0) is 6.54 Å². The Morgan fingerprint density at radius 1 is 1.11 bits per heavy atom. The normalized spacial score (nSPS) is 15.3. The second kappa shape index (κ2) is 7.50. The molecule has 0 spiro atoms. The van der Waals surface area contributed by atoms with Crippen LogP contribution in [0.25, 0.3) is 11.4 Å². The van der Waals surface area contributed by atoms with Gasteiger partial charge in [-0.25, -0.2) is 0 Å². The van der Waals surface area contributed by atoms with Crippen LogP contribution in [0.2, 0.25) is 5.02 Å². The molecule has 0 aliphatic carbocycles. The molecule has 27 heavy (non-hydrogen) atoms. The predicted octanol–water partition coefficient (Wildman–Crippen LogP) is 2.64. The number of benzene rings is 1. The first kappa shape index (κ1) is 17.7. The van der Waals surface area contributed by atoms with Gasteiger partial charge in [0.25, 0.3) is 5.91 Å². The van der Waals surface area contributed by atoms with Crippen molar-refractivity contribution >= 4 is 17.5 Å². The van der Waals surface area contributed by atoms with E-state index in [0.717, 1.165) is 18.7 Å². The average Bonchev–Trinajstić information content (AvgIpc) is 3.32. The van der Waals surface area contributed by atoms with Crippen LogP contribution in [0.1, 0.15) is 22.1 Å². The first-order valence-electron chi connectivity index (χ1n) is 8.62. The molecule has 1 aliphatic rings. The minimum Gasteiger partial charge on any atom is -0.351 e. The molecular formula is C18H18ClN5O3. The number of nitrogens with zero attached hydrogens (tertiary/aromatic N) is 5. The quantitative estimate of drug-likeness (QED) is 0.679. The molecular weight excluding hydrogens is 370 g/mol. The van der Waals surface area contributed by atoms with Crippen molar-refractivity contribution in [3.63, 3.8) is 0 Å². The Bertz CT molecular complexity index is 929. The third-order valence-corrected chi connectivity index (χ3v) is 4.68. The molecule has 8 nitrogen and oxygen atoms in total. The van der Waals surface area contributed by atoms with Crippen molar-refractivity contribution in [1.29, 1.82) is 0 Å². The van der Waals surface area contributed by atoms with Crippen molar-refractivity contribution in [2.45, 2.75) is 13.5 Å². The average molecular weight is 388 g/mol. The summed E-state index contributed by atoms with van der Waals surface area (Å²) in [5.41, 5.74) is 1.55. The van der Waals surface area contributed by atoms with Crippen molar-refractivity contribution in [2.24, 2.45) is 0 Å². The third-order valence-electron chi connectivity index (χ3n) is 4.43. The maximum atomic E-state index is 12.4. The molecule has 1 amide bonds. The Kier molecular flexibility index (Phi) is 4.91. The summed E-state index contributed by atoms with van der Waals surface area (Å²) in [6.45, 7) is 4.99. The molecule has 1 aromatic carbocycles. The molecule has 0 N–H and O–H groups in total. The summed E-state index contributed by atoms with van der Waals surface area (Å²) in [7, 11) is 0. The van der Waals surface area contributed by atoms with Crippen LogP contribution in [0.4, 0.5) is 0 Å². The lowest BCUT2D eigenvalue weighted by Crippen LogP contribution is -2.48. The summed E-state index contributed by atoms with van der Waals surface area (Å²) in [6, 6.07) is 8.95. The minimum absolute atomic E-state index is 0.127. The largest absolute Gasteiger partial charge is 0.351 e. The van der Waals surface area contributed by atoms with Crippen LogP contribution >= 0.6 is 11.6 Å². The number of hydrogen-bond acceptors (Lipinski definition) is 7. The molecule has 0 unspecified atom stereocenters. The number of halogens is 1. The first-order chi connectivity index (χ1) is 13.1. The molecule has 2 aromatic heterocycles. The van der Waals surface area contributed by atoms with Gasteiger partial charge in [-0.2, -0.15) is 4.98 Å². The fourth-order valence-electron chi connectivity index (χ4n) is 2.96. The SMILES string of the molecule is Cc1cc(C(=O)N2CCN(Cc3nc(-c4ccc(Cl)cc4)no3)CC2)on1. The molecule has 0 bridgehead atoms. The van der Waals surface area contributed by atoms with E-state index in [4.69, 9.17) is 20.6 Å². The summed E-state index contributed by atoms with van der Waals surface area (Å²) < 4.78 is 10.4.